The van der Waals surface area contributed by atoms with Gasteiger partial charge in [0.2, 0.25) is 0 Å². The first-order valence-corrected chi connectivity index (χ1v) is 6.14. The Bertz CT molecular complexity index is 382. The molecule has 1 heterocycles. The Morgan fingerprint density at radius 2 is 1.94 bits per heavy atom. The molecular weight excluding hydrogens is 212 g/mol. The van der Waals surface area contributed by atoms with Crippen LogP contribution in [0.2, 0.25) is 0 Å². The summed E-state index contributed by atoms with van der Waals surface area (Å²) >= 11 is 0. The van der Waals surface area contributed by atoms with Crippen molar-refractivity contribution in [3.05, 3.63) is 18.2 Å². The fraction of sp³-hybridized carbons (Fsp3) is 0.615. The van der Waals surface area contributed by atoms with E-state index in [4.69, 9.17) is 10.5 Å². The number of rotatable bonds is 7. The molecule has 4 nitrogen and oxygen atoms in total. The summed E-state index contributed by atoms with van der Waals surface area (Å²) in [6.45, 7) is 3.95. The average Bonchev–Trinajstić information content (AvgIpc) is 2.72. The summed E-state index contributed by atoms with van der Waals surface area (Å²) in [6.07, 6.45) is 8.13. The van der Waals surface area contributed by atoms with Gasteiger partial charge in [-0.1, -0.05) is 6.92 Å². The van der Waals surface area contributed by atoms with Gasteiger partial charge in [-0.2, -0.15) is 10.5 Å². The van der Waals surface area contributed by atoms with E-state index in [1.54, 1.807) is 0 Å². The van der Waals surface area contributed by atoms with E-state index in [9.17, 15) is 0 Å². The fourth-order valence-electron chi connectivity index (χ4n) is 1.97. The Hall–Kier alpha value is -1.81. The largest absolute Gasteiger partial charge is 0.256 e. The molecule has 0 unspecified atom stereocenters. The zero-order chi connectivity index (χ0) is 12.5. The van der Waals surface area contributed by atoms with Crippen LogP contribution in [-0.4, -0.2) is 4.57 Å². The van der Waals surface area contributed by atoms with Crippen molar-refractivity contribution in [2.24, 2.45) is 0 Å². The second-order valence-electron chi connectivity index (χ2n) is 3.98. The van der Waals surface area contributed by atoms with Crippen molar-refractivity contribution < 1.29 is 4.57 Å². The first kappa shape index (κ1) is 13.3. The van der Waals surface area contributed by atoms with Crippen LogP contribution >= 0.6 is 0 Å². The summed E-state index contributed by atoms with van der Waals surface area (Å²) in [4.78, 5) is 0. The molecule has 90 valence electrons. The third-order valence-corrected chi connectivity index (χ3v) is 2.78. The summed E-state index contributed by atoms with van der Waals surface area (Å²) in [5.41, 5.74) is 0. The van der Waals surface area contributed by atoms with Gasteiger partial charge in [-0.3, -0.25) is 0 Å². The number of aryl methyl sites for hydroxylation is 2. The highest BCUT2D eigenvalue weighted by Crippen LogP contribution is 2.01. The Balaban J connectivity index is 2.60. The van der Waals surface area contributed by atoms with Crippen LogP contribution in [0.3, 0.4) is 0 Å². The van der Waals surface area contributed by atoms with E-state index in [1.807, 2.05) is 0 Å². The predicted molar refractivity (Wildman–Crippen MR) is 63.7 cm³/mol. The molecule has 0 saturated heterocycles. The molecular formula is C13H19N4+. The van der Waals surface area contributed by atoms with Gasteiger partial charge in [-0.25, -0.2) is 9.13 Å². The van der Waals surface area contributed by atoms with Crippen molar-refractivity contribution in [1.82, 2.24) is 4.57 Å². The van der Waals surface area contributed by atoms with E-state index in [0.29, 0.717) is 12.8 Å². The lowest BCUT2D eigenvalue weighted by atomic mass is 10.3. The zero-order valence-electron chi connectivity index (χ0n) is 10.4. The second-order valence-corrected chi connectivity index (χ2v) is 3.98. The quantitative estimate of drug-likeness (QED) is 0.532. The van der Waals surface area contributed by atoms with E-state index in [1.165, 1.54) is 5.82 Å². The Labute approximate surface area is 103 Å². The normalized spacial score (nSPS) is 9.82. The molecule has 0 bridgehead atoms. The van der Waals surface area contributed by atoms with Crippen LogP contribution in [-0.2, 0) is 19.5 Å². The van der Waals surface area contributed by atoms with Gasteiger partial charge < -0.3 is 0 Å². The van der Waals surface area contributed by atoms with Crippen molar-refractivity contribution >= 4 is 0 Å². The van der Waals surface area contributed by atoms with Gasteiger partial charge in [0.25, 0.3) is 5.82 Å². The minimum atomic E-state index is 0.607. The first-order chi connectivity index (χ1) is 8.33. The minimum Gasteiger partial charge on any atom is -0.234 e. The van der Waals surface area contributed by atoms with Crippen LogP contribution in [0, 0.1) is 22.7 Å². The maximum atomic E-state index is 8.52. The van der Waals surface area contributed by atoms with Gasteiger partial charge >= 0.3 is 0 Å². The van der Waals surface area contributed by atoms with Gasteiger partial charge in [0.1, 0.15) is 12.4 Å². The Kier molecular flexibility index (Phi) is 5.82. The minimum absolute atomic E-state index is 0.607. The number of aromatic nitrogens is 2. The van der Waals surface area contributed by atoms with E-state index >= 15 is 0 Å². The fourth-order valence-corrected chi connectivity index (χ4v) is 1.97. The van der Waals surface area contributed by atoms with Crippen LogP contribution in [0.5, 0.6) is 0 Å². The number of hydrogen-bond donors (Lipinski definition) is 0. The zero-order valence-corrected chi connectivity index (χ0v) is 10.4. The summed E-state index contributed by atoms with van der Waals surface area (Å²) in [7, 11) is 0. The van der Waals surface area contributed by atoms with Crippen molar-refractivity contribution in [3.8, 4) is 12.1 Å². The molecule has 4 heteroatoms. The number of imidazole rings is 1. The van der Waals surface area contributed by atoms with E-state index < -0.39 is 0 Å². The lowest BCUT2D eigenvalue weighted by molar-refractivity contribution is -0.704. The molecule has 0 spiro atoms. The SMILES string of the molecule is CCc1n(CCCC#N)cc[n+]1CCCC#N. The third kappa shape index (κ3) is 3.92. The van der Waals surface area contributed by atoms with E-state index in [-0.39, 0.29) is 0 Å². The maximum Gasteiger partial charge on any atom is 0.256 e. The molecule has 0 fully saturated rings. The van der Waals surface area contributed by atoms with Crippen LogP contribution < -0.4 is 4.57 Å². The summed E-state index contributed by atoms with van der Waals surface area (Å²) in [6, 6.07) is 4.34. The molecule has 0 radical (unpaired) electrons. The van der Waals surface area contributed by atoms with Crippen molar-refractivity contribution in [2.75, 3.05) is 0 Å². The molecule has 0 aliphatic carbocycles. The molecule has 1 aromatic heterocycles. The van der Waals surface area contributed by atoms with Gasteiger partial charge in [0.15, 0.2) is 0 Å². The highest BCUT2D eigenvalue weighted by atomic mass is 15.1. The lowest BCUT2D eigenvalue weighted by Crippen LogP contribution is -2.37. The predicted octanol–water partition coefficient (Wildman–Crippen LogP) is 1.95. The molecule has 0 amide bonds. The van der Waals surface area contributed by atoms with Crippen LogP contribution in [0.25, 0.3) is 0 Å². The average molecular weight is 231 g/mol. The summed E-state index contributed by atoms with van der Waals surface area (Å²) in [5.74, 6) is 1.28. The van der Waals surface area contributed by atoms with Crippen LogP contribution in [0.4, 0.5) is 0 Å². The molecule has 0 aliphatic rings. The number of unbranched alkanes of at least 4 members (excludes halogenated alkanes) is 2. The molecule has 0 N–H and O–H groups in total. The van der Waals surface area contributed by atoms with Crippen molar-refractivity contribution in [2.45, 2.75) is 52.1 Å². The number of hydrogen-bond acceptors (Lipinski definition) is 2. The van der Waals surface area contributed by atoms with Gasteiger partial charge in [0.05, 0.1) is 25.2 Å². The monoisotopic (exact) mass is 231 g/mol. The standard InChI is InChI=1S/C13H19N4/c1-2-13-16(9-5-3-7-14)11-12-17(13)10-6-4-8-15/h11-12H,2-6,9-10H2,1H3/q+1. The van der Waals surface area contributed by atoms with Gasteiger partial charge in [-0.05, 0) is 12.8 Å². The number of nitriles is 2. The maximum absolute atomic E-state index is 8.52. The van der Waals surface area contributed by atoms with Crippen LogP contribution in [0.1, 0.15) is 38.4 Å². The molecule has 17 heavy (non-hydrogen) atoms. The highest BCUT2D eigenvalue weighted by molar-refractivity contribution is 4.84. The second kappa shape index (κ2) is 7.46. The molecule has 0 saturated carbocycles. The first-order valence-electron chi connectivity index (χ1n) is 6.14. The van der Waals surface area contributed by atoms with E-state index in [0.717, 1.165) is 32.4 Å². The molecule has 0 aliphatic heterocycles. The van der Waals surface area contributed by atoms with E-state index in [2.05, 4.69) is 40.6 Å². The summed E-state index contributed by atoms with van der Waals surface area (Å²) in [5, 5.41) is 17.0. The topological polar surface area (TPSA) is 56.4 Å². The smallest absolute Gasteiger partial charge is 0.234 e. The molecule has 1 rings (SSSR count). The van der Waals surface area contributed by atoms with Crippen LogP contribution in [0.15, 0.2) is 12.4 Å². The van der Waals surface area contributed by atoms with Crippen molar-refractivity contribution in [1.29, 1.82) is 10.5 Å². The molecule has 0 atom stereocenters. The highest BCUT2D eigenvalue weighted by Gasteiger charge is 2.14. The van der Waals surface area contributed by atoms with Crippen molar-refractivity contribution in [3.63, 3.8) is 0 Å². The third-order valence-electron chi connectivity index (χ3n) is 2.78. The van der Waals surface area contributed by atoms with Gasteiger partial charge in [0, 0.05) is 19.3 Å². The van der Waals surface area contributed by atoms with Gasteiger partial charge in [-0.15, -0.1) is 0 Å². The Morgan fingerprint density at radius 1 is 1.24 bits per heavy atom. The number of nitrogens with zero attached hydrogens (tertiary/aromatic N) is 4. The summed E-state index contributed by atoms with van der Waals surface area (Å²) < 4.78 is 4.42. The molecule has 1 aromatic rings. The lowest BCUT2D eigenvalue weighted by Gasteiger charge is -2.01. The molecule has 0 aromatic carbocycles. The Morgan fingerprint density at radius 3 is 2.59 bits per heavy atom.